The van der Waals surface area contributed by atoms with Gasteiger partial charge in [0.05, 0.1) is 10.4 Å². The molecular formula is C23H23N5OS. The number of hydrogen-bond acceptors (Lipinski definition) is 6. The summed E-state index contributed by atoms with van der Waals surface area (Å²) in [5, 5.41) is 3.42. The van der Waals surface area contributed by atoms with Crippen molar-refractivity contribution < 1.29 is 4.79 Å². The fourth-order valence-electron chi connectivity index (χ4n) is 3.28. The van der Waals surface area contributed by atoms with E-state index < -0.39 is 0 Å². The van der Waals surface area contributed by atoms with Crippen LogP contribution in [0.5, 0.6) is 0 Å². The number of nitrogens with zero attached hydrogens (tertiary/aromatic N) is 3. The Morgan fingerprint density at radius 3 is 2.60 bits per heavy atom. The molecule has 0 bridgehead atoms. The van der Waals surface area contributed by atoms with Crippen molar-refractivity contribution >= 4 is 33.1 Å². The molecule has 6 nitrogen and oxygen atoms in total. The molecule has 0 aliphatic rings. The van der Waals surface area contributed by atoms with Crippen LogP contribution in [-0.4, -0.2) is 36.0 Å². The van der Waals surface area contributed by atoms with Crippen LogP contribution in [0.3, 0.4) is 0 Å². The first-order chi connectivity index (χ1) is 14.7. The van der Waals surface area contributed by atoms with Crippen molar-refractivity contribution in [2.75, 3.05) is 25.0 Å². The summed E-state index contributed by atoms with van der Waals surface area (Å²) in [6, 6.07) is 18.0. The largest absolute Gasteiger partial charge is 0.372 e. The number of likely N-dealkylation sites (N-methyl/N-ethyl adjacent to an activating group) is 1. The van der Waals surface area contributed by atoms with Gasteiger partial charge in [-0.1, -0.05) is 30.3 Å². The molecular weight excluding hydrogens is 394 g/mol. The SMILES string of the molecule is CN(CCN)c1cc(-c2ccncc2)cc2sc(C(=O)NCc3ccccc3)nc12. The van der Waals surface area contributed by atoms with E-state index in [-0.39, 0.29) is 5.91 Å². The Morgan fingerprint density at radius 1 is 1.10 bits per heavy atom. The molecule has 3 N–H and O–H groups in total. The zero-order valence-corrected chi connectivity index (χ0v) is 17.5. The van der Waals surface area contributed by atoms with Gasteiger partial charge in [-0.3, -0.25) is 9.78 Å². The molecule has 2 aromatic heterocycles. The van der Waals surface area contributed by atoms with Gasteiger partial charge in [0.2, 0.25) is 0 Å². The van der Waals surface area contributed by atoms with Gasteiger partial charge in [0.25, 0.3) is 5.91 Å². The molecule has 152 valence electrons. The van der Waals surface area contributed by atoms with Crippen LogP contribution in [0.25, 0.3) is 21.3 Å². The molecule has 0 saturated heterocycles. The molecule has 4 aromatic rings. The highest BCUT2D eigenvalue weighted by atomic mass is 32.1. The smallest absolute Gasteiger partial charge is 0.280 e. The number of thiazole rings is 1. The Morgan fingerprint density at radius 2 is 1.87 bits per heavy atom. The van der Waals surface area contributed by atoms with Crippen molar-refractivity contribution in [3.8, 4) is 11.1 Å². The van der Waals surface area contributed by atoms with E-state index in [0.717, 1.165) is 32.6 Å². The Labute approximate surface area is 179 Å². The number of carbonyl (C=O) groups is 1. The van der Waals surface area contributed by atoms with Gasteiger partial charge in [0.15, 0.2) is 5.01 Å². The monoisotopic (exact) mass is 417 g/mol. The third-order valence-corrected chi connectivity index (χ3v) is 5.86. The van der Waals surface area contributed by atoms with E-state index in [1.165, 1.54) is 11.3 Å². The molecule has 0 aliphatic heterocycles. The first-order valence-corrected chi connectivity index (χ1v) is 10.6. The average molecular weight is 418 g/mol. The molecule has 0 spiro atoms. The van der Waals surface area contributed by atoms with Gasteiger partial charge in [0, 0.05) is 39.1 Å². The lowest BCUT2D eigenvalue weighted by Crippen LogP contribution is -2.25. The minimum absolute atomic E-state index is 0.169. The lowest BCUT2D eigenvalue weighted by Gasteiger charge is -2.19. The minimum atomic E-state index is -0.169. The third kappa shape index (κ3) is 4.32. The normalized spacial score (nSPS) is 10.9. The first kappa shape index (κ1) is 20.0. The summed E-state index contributed by atoms with van der Waals surface area (Å²) in [6.45, 7) is 1.70. The molecule has 0 fully saturated rings. The standard InChI is InChI=1S/C23H23N5OS/c1-28(12-9-24)19-13-18(17-7-10-25-11-8-17)14-20-21(19)27-23(30-20)22(29)26-15-16-5-3-2-4-6-16/h2-8,10-11,13-14H,9,12,15,24H2,1H3,(H,26,29). The number of nitrogens with one attached hydrogen (secondary N) is 1. The van der Waals surface area contributed by atoms with Crippen LogP contribution in [-0.2, 0) is 6.54 Å². The highest BCUT2D eigenvalue weighted by Gasteiger charge is 2.17. The van der Waals surface area contributed by atoms with Crippen LogP contribution >= 0.6 is 11.3 Å². The topological polar surface area (TPSA) is 84.1 Å². The first-order valence-electron chi connectivity index (χ1n) is 9.74. The molecule has 2 heterocycles. The second kappa shape index (κ2) is 9.02. The van der Waals surface area contributed by atoms with Gasteiger partial charge in [-0.25, -0.2) is 4.98 Å². The third-order valence-electron chi connectivity index (χ3n) is 4.85. The van der Waals surface area contributed by atoms with Gasteiger partial charge in [-0.15, -0.1) is 11.3 Å². The zero-order valence-electron chi connectivity index (χ0n) is 16.7. The molecule has 2 aromatic carbocycles. The maximum atomic E-state index is 12.7. The predicted octanol–water partition coefficient (Wildman–Crippen LogP) is 3.68. The maximum absolute atomic E-state index is 12.7. The summed E-state index contributed by atoms with van der Waals surface area (Å²) in [7, 11) is 1.99. The quantitative estimate of drug-likeness (QED) is 0.479. The highest BCUT2D eigenvalue weighted by Crippen LogP contribution is 2.35. The zero-order chi connectivity index (χ0) is 20.9. The fourth-order valence-corrected chi connectivity index (χ4v) is 4.22. The molecule has 1 amide bonds. The van der Waals surface area contributed by atoms with Crippen molar-refractivity contribution in [1.29, 1.82) is 0 Å². The van der Waals surface area contributed by atoms with Crippen molar-refractivity contribution in [2.45, 2.75) is 6.54 Å². The Hall–Kier alpha value is -3.29. The maximum Gasteiger partial charge on any atom is 0.280 e. The highest BCUT2D eigenvalue weighted by molar-refractivity contribution is 7.20. The van der Waals surface area contributed by atoms with Crippen LogP contribution in [0, 0.1) is 0 Å². The van der Waals surface area contributed by atoms with E-state index in [1.54, 1.807) is 12.4 Å². The van der Waals surface area contributed by atoms with E-state index in [9.17, 15) is 4.79 Å². The molecule has 0 atom stereocenters. The van der Waals surface area contributed by atoms with E-state index >= 15 is 0 Å². The number of aromatic nitrogens is 2. The van der Waals surface area contributed by atoms with Crippen molar-refractivity contribution in [3.05, 3.63) is 77.6 Å². The van der Waals surface area contributed by atoms with Crippen LogP contribution in [0.4, 0.5) is 5.69 Å². The molecule has 7 heteroatoms. The van der Waals surface area contributed by atoms with Crippen molar-refractivity contribution in [2.24, 2.45) is 5.73 Å². The van der Waals surface area contributed by atoms with Gasteiger partial charge < -0.3 is 16.0 Å². The van der Waals surface area contributed by atoms with Gasteiger partial charge in [-0.05, 0) is 41.0 Å². The molecule has 0 aliphatic carbocycles. The van der Waals surface area contributed by atoms with Gasteiger partial charge in [-0.2, -0.15) is 0 Å². The Balaban J connectivity index is 1.69. The van der Waals surface area contributed by atoms with Crippen molar-refractivity contribution in [1.82, 2.24) is 15.3 Å². The number of anilines is 1. The molecule has 0 radical (unpaired) electrons. The average Bonchev–Trinajstić information content (AvgIpc) is 3.22. The van der Waals surface area contributed by atoms with E-state index in [1.807, 2.05) is 49.5 Å². The number of pyridine rings is 1. The fraction of sp³-hybridized carbons (Fsp3) is 0.174. The number of benzene rings is 2. The van der Waals surface area contributed by atoms with Crippen LogP contribution in [0.15, 0.2) is 67.0 Å². The summed E-state index contributed by atoms with van der Waals surface area (Å²) in [5.74, 6) is -0.169. The minimum Gasteiger partial charge on any atom is -0.372 e. The summed E-state index contributed by atoms with van der Waals surface area (Å²) in [4.78, 5) is 23.6. The number of rotatable bonds is 7. The summed E-state index contributed by atoms with van der Waals surface area (Å²) in [5.41, 5.74) is 10.7. The van der Waals surface area contributed by atoms with Crippen LogP contribution < -0.4 is 16.0 Å². The molecule has 0 saturated carbocycles. The second-order valence-corrected chi connectivity index (χ2v) is 8.01. The molecule has 30 heavy (non-hydrogen) atoms. The van der Waals surface area contributed by atoms with E-state index in [0.29, 0.717) is 24.6 Å². The van der Waals surface area contributed by atoms with E-state index in [4.69, 9.17) is 5.73 Å². The predicted molar refractivity (Wildman–Crippen MR) is 123 cm³/mol. The molecule has 0 unspecified atom stereocenters. The number of hydrogen-bond donors (Lipinski definition) is 2. The van der Waals surface area contributed by atoms with E-state index in [2.05, 4.69) is 32.3 Å². The van der Waals surface area contributed by atoms with Gasteiger partial charge in [0.1, 0.15) is 5.52 Å². The lowest BCUT2D eigenvalue weighted by atomic mass is 10.1. The number of nitrogens with two attached hydrogens (primary N) is 1. The number of fused-ring (bicyclic) bond motifs is 1. The number of amides is 1. The summed E-state index contributed by atoms with van der Waals surface area (Å²) in [6.07, 6.45) is 3.55. The lowest BCUT2D eigenvalue weighted by molar-refractivity contribution is 0.0950. The molecule has 4 rings (SSSR count). The summed E-state index contributed by atoms with van der Waals surface area (Å²) < 4.78 is 0.966. The van der Waals surface area contributed by atoms with Crippen LogP contribution in [0.1, 0.15) is 15.4 Å². The number of carbonyl (C=O) groups excluding carboxylic acids is 1. The van der Waals surface area contributed by atoms with Gasteiger partial charge >= 0.3 is 0 Å². The van der Waals surface area contributed by atoms with Crippen molar-refractivity contribution in [3.63, 3.8) is 0 Å². The Bertz CT molecular complexity index is 1140. The van der Waals surface area contributed by atoms with Crippen LogP contribution in [0.2, 0.25) is 0 Å². The summed E-state index contributed by atoms with van der Waals surface area (Å²) >= 11 is 1.40. The second-order valence-electron chi connectivity index (χ2n) is 6.98. The Kier molecular flexibility index (Phi) is 6.02.